The van der Waals surface area contributed by atoms with Crippen molar-refractivity contribution in [2.24, 2.45) is 0 Å². The molecule has 0 fully saturated rings. The number of hydrogen-bond acceptors (Lipinski definition) is 7. The summed E-state index contributed by atoms with van der Waals surface area (Å²) < 4.78 is 21.5. The van der Waals surface area contributed by atoms with Crippen molar-refractivity contribution < 1.29 is 13.9 Å². The second-order valence-electron chi connectivity index (χ2n) is 6.72. The third kappa shape index (κ3) is 4.86. The van der Waals surface area contributed by atoms with Crippen LogP contribution in [0, 0.1) is 5.82 Å². The van der Waals surface area contributed by atoms with Crippen molar-refractivity contribution in [2.75, 3.05) is 13.2 Å². The number of carbonyl (C=O) groups is 1. The van der Waals surface area contributed by atoms with Crippen molar-refractivity contribution in [3.63, 3.8) is 0 Å². The summed E-state index contributed by atoms with van der Waals surface area (Å²) in [5.41, 5.74) is 0.0971. The maximum absolute atomic E-state index is 13.2. The number of aryl methyl sites for hydroxylation is 1. The van der Waals surface area contributed by atoms with E-state index in [1.165, 1.54) is 33.5 Å². The summed E-state index contributed by atoms with van der Waals surface area (Å²) in [6, 6.07) is 10.3. The second kappa shape index (κ2) is 9.20. The summed E-state index contributed by atoms with van der Waals surface area (Å²) >= 11 is 0. The molecule has 164 valence electrons. The Morgan fingerprint density at radius 1 is 1.09 bits per heavy atom. The van der Waals surface area contributed by atoms with E-state index >= 15 is 0 Å². The molecule has 4 rings (SSSR count). The molecule has 0 aliphatic rings. The summed E-state index contributed by atoms with van der Waals surface area (Å²) in [7, 11) is 0. The first kappa shape index (κ1) is 20.9. The highest BCUT2D eigenvalue weighted by Crippen LogP contribution is 2.19. The Morgan fingerprint density at radius 2 is 1.91 bits per heavy atom. The number of aromatic amines is 1. The quantitative estimate of drug-likeness (QED) is 0.379. The molecule has 0 aliphatic carbocycles. The molecule has 0 spiro atoms. The van der Waals surface area contributed by atoms with Gasteiger partial charge >= 0.3 is 5.69 Å². The van der Waals surface area contributed by atoms with Gasteiger partial charge in [0, 0.05) is 36.9 Å². The second-order valence-corrected chi connectivity index (χ2v) is 6.72. The Hall–Kier alpha value is -4.35. The van der Waals surface area contributed by atoms with Crippen LogP contribution in [0.1, 0.15) is 6.42 Å². The lowest BCUT2D eigenvalue weighted by Crippen LogP contribution is -2.32. The molecule has 12 heteroatoms. The molecule has 0 saturated carbocycles. The van der Waals surface area contributed by atoms with Crippen molar-refractivity contribution in [3.05, 3.63) is 75.3 Å². The third-order valence-electron chi connectivity index (χ3n) is 4.49. The van der Waals surface area contributed by atoms with Gasteiger partial charge in [-0.2, -0.15) is 4.52 Å². The molecule has 4 aromatic rings. The van der Waals surface area contributed by atoms with Gasteiger partial charge in [0.2, 0.25) is 11.8 Å². The summed E-state index contributed by atoms with van der Waals surface area (Å²) in [6.45, 7) is 0.531. The fourth-order valence-corrected chi connectivity index (χ4v) is 2.90. The number of amides is 1. The molecule has 0 radical (unpaired) electrons. The van der Waals surface area contributed by atoms with Gasteiger partial charge in [0.15, 0.2) is 11.5 Å². The lowest BCUT2D eigenvalue weighted by atomic mass is 10.2. The molecule has 0 aliphatic heterocycles. The van der Waals surface area contributed by atoms with Gasteiger partial charge in [-0.15, -0.1) is 15.3 Å². The van der Waals surface area contributed by atoms with E-state index in [4.69, 9.17) is 4.74 Å². The fourth-order valence-electron chi connectivity index (χ4n) is 2.90. The van der Waals surface area contributed by atoms with Crippen molar-refractivity contribution in [1.82, 2.24) is 34.7 Å². The maximum atomic E-state index is 13.2. The lowest BCUT2D eigenvalue weighted by Gasteiger charge is -2.08. The Bertz CT molecular complexity index is 1360. The molecule has 0 atom stereocenters. The summed E-state index contributed by atoms with van der Waals surface area (Å²) in [6.07, 6.45) is 1.41. The van der Waals surface area contributed by atoms with Crippen LogP contribution in [-0.2, 0) is 11.3 Å². The average molecular weight is 439 g/mol. The summed E-state index contributed by atoms with van der Waals surface area (Å²) in [5.74, 6) is 0.117. The van der Waals surface area contributed by atoms with Gasteiger partial charge in [0.05, 0.1) is 6.54 Å². The van der Waals surface area contributed by atoms with Gasteiger partial charge < -0.3 is 14.6 Å². The van der Waals surface area contributed by atoms with Crippen molar-refractivity contribution in [1.29, 1.82) is 0 Å². The Morgan fingerprint density at radius 3 is 2.69 bits per heavy atom. The molecular formula is C20H18FN7O4. The Labute approximate surface area is 179 Å². The maximum Gasteiger partial charge on any atom is 0.328 e. The van der Waals surface area contributed by atoms with Gasteiger partial charge in [0.1, 0.15) is 12.4 Å². The van der Waals surface area contributed by atoms with Crippen LogP contribution in [-0.4, -0.2) is 48.4 Å². The first-order valence-corrected chi connectivity index (χ1v) is 9.67. The highest BCUT2D eigenvalue weighted by atomic mass is 19.1. The Balaban J connectivity index is 1.30. The molecule has 3 heterocycles. The molecule has 1 aromatic carbocycles. The highest BCUT2D eigenvalue weighted by Gasteiger charge is 2.11. The number of fused-ring (bicyclic) bond motifs is 1. The number of hydrogen-bond donors (Lipinski definition) is 2. The van der Waals surface area contributed by atoms with E-state index in [-0.39, 0.29) is 37.8 Å². The number of nitrogens with zero attached hydrogens (tertiary/aromatic N) is 5. The molecule has 11 nitrogen and oxygen atoms in total. The van der Waals surface area contributed by atoms with Gasteiger partial charge in [0.25, 0.3) is 5.56 Å². The normalized spacial score (nSPS) is 10.9. The summed E-state index contributed by atoms with van der Waals surface area (Å²) in [5, 5.41) is 15.1. The molecule has 0 bridgehead atoms. The molecular weight excluding hydrogens is 421 g/mol. The number of benzene rings is 1. The number of rotatable bonds is 8. The third-order valence-corrected chi connectivity index (χ3v) is 4.49. The minimum absolute atomic E-state index is 0.0674. The van der Waals surface area contributed by atoms with Gasteiger partial charge in [-0.3, -0.25) is 14.6 Å². The van der Waals surface area contributed by atoms with Crippen LogP contribution in [0.2, 0.25) is 0 Å². The van der Waals surface area contributed by atoms with E-state index < -0.39 is 11.2 Å². The molecule has 1 amide bonds. The van der Waals surface area contributed by atoms with Gasteiger partial charge in [-0.05, 0) is 30.3 Å². The van der Waals surface area contributed by atoms with Crippen LogP contribution in [0.15, 0.2) is 58.3 Å². The Kier molecular flexibility index (Phi) is 6.01. The zero-order valence-electron chi connectivity index (χ0n) is 16.7. The van der Waals surface area contributed by atoms with E-state index in [9.17, 15) is 18.8 Å². The van der Waals surface area contributed by atoms with Crippen LogP contribution in [0.4, 0.5) is 4.39 Å². The van der Waals surface area contributed by atoms with Gasteiger partial charge in [-0.25, -0.2) is 9.18 Å². The zero-order valence-corrected chi connectivity index (χ0v) is 16.7. The number of nitrogens with one attached hydrogen (secondary N) is 2. The molecule has 0 unspecified atom stereocenters. The SMILES string of the molecule is O=C(CCn1ccc(=O)[nH]c1=O)NCCOc1ccc2nnc(-c3ccc(F)cc3)n2n1. The smallest absolute Gasteiger partial charge is 0.328 e. The topological polar surface area (TPSA) is 136 Å². The molecule has 2 N–H and O–H groups in total. The fraction of sp³-hybridized carbons (Fsp3) is 0.200. The first-order valence-electron chi connectivity index (χ1n) is 9.67. The van der Waals surface area contributed by atoms with Crippen LogP contribution in [0.3, 0.4) is 0 Å². The number of H-pyrrole nitrogens is 1. The van der Waals surface area contributed by atoms with E-state index in [2.05, 4.69) is 25.6 Å². The predicted molar refractivity (Wildman–Crippen MR) is 111 cm³/mol. The molecule has 32 heavy (non-hydrogen) atoms. The van der Waals surface area contributed by atoms with E-state index in [1.54, 1.807) is 24.3 Å². The molecule has 0 saturated heterocycles. The van der Waals surface area contributed by atoms with Crippen molar-refractivity contribution in [2.45, 2.75) is 13.0 Å². The first-order chi connectivity index (χ1) is 15.5. The zero-order chi connectivity index (χ0) is 22.5. The predicted octanol–water partition coefficient (Wildman–Crippen LogP) is 0.366. The monoisotopic (exact) mass is 439 g/mol. The largest absolute Gasteiger partial charge is 0.475 e. The van der Waals surface area contributed by atoms with Crippen LogP contribution in [0.5, 0.6) is 5.88 Å². The summed E-state index contributed by atoms with van der Waals surface area (Å²) in [4.78, 5) is 36.7. The number of carbonyl (C=O) groups excluding carboxylic acids is 1. The average Bonchev–Trinajstić information content (AvgIpc) is 3.20. The van der Waals surface area contributed by atoms with Gasteiger partial charge in [-0.1, -0.05) is 0 Å². The molecule has 3 aromatic heterocycles. The number of halogens is 1. The van der Waals surface area contributed by atoms with Crippen LogP contribution >= 0.6 is 0 Å². The minimum atomic E-state index is -0.566. The van der Waals surface area contributed by atoms with E-state index in [0.29, 0.717) is 22.9 Å². The standard InChI is InChI=1S/C20H18FN7O4/c21-14-3-1-13(2-4-14)19-25-24-15-5-6-18(26-28(15)19)32-12-9-22-16(29)7-10-27-11-8-17(30)23-20(27)31/h1-6,8,11H,7,9-10,12H2,(H,22,29)(H,23,30,31). The highest BCUT2D eigenvalue weighted by molar-refractivity contribution is 5.75. The minimum Gasteiger partial charge on any atom is -0.475 e. The van der Waals surface area contributed by atoms with Crippen LogP contribution in [0.25, 0.3) is 17.0 Å². The number of aromatic nitrogens is 6. The lowest BCUT2D eigenvalue weighted by molar-refractivity contribution is -0.121. The van der Waals surface area contributed by atoms with Crippen LogP contribution < -0.4 is 21.3 Å². The number of ether oxygens (including phenoxy) is 1. The van der Waals surface area contributed by atoms with Crippen molar-refractivity contribution >= 4 is 11.6 Å². The van der Waals surface area contributed by atoms with Crippen molar-refractivity contribution in [3.8, 4) is 17.3 Å². The van der Waals surface area contributed by atoms with E-state index in [1.807, 2.05) is 0 Å². The van der Waals surface area contributed by atoms with E-state index in [0.717, 1.165) is 0 Å².